The predicted octanol–water partition coefficient (Wildman–Crippen LogP) is 14.2. The van der Waals surface area contributed by atoms with E-state index in [2.05, 4.69) is 173 Å². The molecule has 3 nitrogen and oxygen atoms in total. The SMILES string of the molecule is CC(C)(C)c1ccc2oc3ccc4c(c3c2c1)-c1c(N(c2ccc(-c3ccccc3)cc2)c2ccc3c(c2)oc2ccccc23)cccc1C4(C)C. The maximum atomic E-state index is 6.60. The molecule has 9 aromatic rings. The highest BCUT2D eigenvalue weighted by Gasteiger charge is 2.40. The fourth-order valence-corrected chi connectivity index (χ4v) is 8.49. The fraction of sp³-hybridized carbons (Fsp3) is 0.143. The molecule has 0 fully saturated rings. The number of furan rings is 2. The van der Waals surface area contributed by atoms with Crippen LogP contribution in [0.25, 0.3) is 66.1 Å². The summed E-state index contributed by atoms with van der Waals surface area (Å²) in [7, 11) is 0. The van der Waals surface area contributed by atoms with Crippen molar-refractivity contribution >= 4 is 60.9 Å². The molecule has 7 aromatic carbocycles. The van der Waals surface area contributed by atoms with Crippen molar-refractivity contribution in [2.45, 2.75) is 45.4 Å². The van der Waals surface area contributed by atoms with Gasteiger partial charge in [-0.25, -0.2) is 0 Å². The fourth-order valence-electron chi connectivity index (χ4n) is 8.49. The zero-order valence-electron chi connectivity index (χ0n) is 30.1. The number of hydrogen-bond acceptors (Lipinski definition) is 3. The van der Waals surface area contributed by atoms with Gasteiger partial charge in [0, 0.05) is 50.0 Å². The van der Waals surface area contributed by atoms with E-state index < -0.39 is 0 Å². The van der Waals surface area contributed by atoms with E-state index in [-0.39, 0.29) is 10.8 Å². The van der Waals surface area contributed by atoms with E-state index in [0.29, 0.717) is 0 Å². The van der Waals surface area contributed by atoms with E-state index in [9.17, 15) is 0 Å². The van der Waals surface area contributed by atoms with Crippen molar-refractivity contribution in [2.24, 2.45) is 0 Å². The van der Waals surface area contributed by atoms with Gasteiger partial charge in [0.15, 0.2) is 0 Å². The molecule has 0 saturated heterocycles. The van der Waals surface area contributed by atoms with Gasteiger partial charge in [0.05, 0.1) is 5.69 Å². The lowest BCUT2D eigenvalue weighted by atomic mass is 9.82. The molecule has 0 aliphatic heterocycles. The highest BCUT2D eigenvalue weighted by atomic mass is 16.3. The molecule has 1 aliphatic rings. The van der Waals surface area contributed by atoms with Crippen LogP contribution in [0.1, 0.15) is 51.3 Å². The summed E-state index contributed by atoms with van der Waals surface area (Å²) in [5.74, 6) is 0. The van der Waals surface area contributed by atoms with Crippen LogP contribution in [0, 0.1) is 0 Å². The van der Waals surface area contributed by atoms with Gasteiger partial charge in [-0.15, -0.1) is 0 Å². The van der Waals surface area contributed by atoms with Crippen LogP contribution in [-0.2, 0) is 10.8 Å². The molecule has 0 spiro atoms. The molecule has 2 heterocycles. The molecule has 0 N–H and O–H groups in total. The minimum Gasteiger partial charge on any atom is -0.456 e. The van der Waals surface area contributed by atoms with Crippen molar-refractivity contribution in [1.29, 1.82) is 0 Å². The van der Waals surface area contributed by atoms with Crippen LogP contribution in [0.3, 0.4) is 0 Å². The summed E-state index contributed by atoms with van der Waals surface area (Å²) in [6.07, 6.45) is 0. The topological polar surface area (TPSA) is 29.5 Å². The second kappa shape index (κ2) is 11.0. The largest absolute Gasteiger partial charge is 0.456 e. The highest BCUT2D eigenvalue weighted by molar-refractivity contribution is 6.17. The first-order valence-corrected chi connectivity index (χ1v) is 18.2. The third kappa shape index (κ3) is 4.52. The van der Waals surface area contributed by atoms with E-state index >= 15 is 0 Å². The van der Waals surface area contributed by atoms with Crippen LogP contribution >= 0.6 is 0 Å². The Bertz CT molecular complexity index is 2850. The van der Waals surface area contributed by atoms with Crippen LogP contribution < -0.4 is 4.90 Å². The molecule has 3 heteroatoms. The van der Waals surface area contributed by atoms with Gasteiger partial charge in [-0.3, -0.25) is 0 Å². The van der Waals surface area contributed by atoms with Crippen LogP contribution in [0.5, 0.6) is 0 Å². The summed E-state index contributed by atoms with van der Waals surface area (Å²) in [6, 6.07) is 52.4. The Morgan fingerprint density at radius 2 is 1.13 bits per heavy atom. The summed E-state index contributed by atoms with van der Waals surface area (Å²) in [5.41, 5.74) is 15.5. The normalized spacial score (nSPS) is 13.6. The van der Waals surface area contributed by atoms with Gasteiger partial charge < -0.3 is 13.7 Å². The van der Waals surface area contributed by atoms with Crippen molar-refractivity contribution < 1.29 is 8.83 Å². The Kier molecular flexibility index (Phi) is 6.48. The molecule has 1 aliphatic carbocycles. The number of fused-ring (bicyclic) bond motifs is 10. The Hall–Kier alpha value is -6.06. The number of nitrogens with zero attached hydrogens (tertiary/aromatic N) is 1. The average molecular weight is 674 g/mol. The van der Waals surface area contributed by atoms with E-state index in [1.807, 2.05) is 12.1 Å². The summed E-state index contributed by atoms with van der Waals surface area (Å²) >= 11 is 0. The number of hydrogen-bond donors (Lipinski definition) is 0. The third-order valence-corrected chi connectivity index (χ3v) is 11.2. The first-order valence-electron chi connectivity index (χ1n) is 18.2. The van der Waals surface area contributed by atoms with Crippen molar-refractivity contribution in [3.05, 3.63) is 162 Å². The quantitative estimate of drug-likeness (QED) is 0.186. The van der Waals surface area contributed by atoms with Crippen molar-refractivity contribution in [1.82, 2.24) is 0 Å². The highest BCUT2D eigenvalue weighted by Crippen LogP contribution is 2.57. The molecule has 0 radical (unpaired) electrons. The van der Waals surface area contributed by atoms with Crippen LogP contribution in [0.4, 0.5) is 17.1 Å². The number of rotatable bonds is 4. The second-order valence-corrected chi connectivity index (χ2v) is 15.8. The van der Waals surface area contributed by atoms with Crippen LogP contribution in [0.2, 0.25) is 0 Å². The Morgan fingerprint density at radius 1 is 0.481 bits per heavy atom. The van der Waals surface area contributed by atoms with Crippen molar-refractivity contribution in [2.75, 3.05) is 4.90 Å². The van der Waals surface area contributed by atoms with Gasteiger partial charge in [0.1, 0.15) is 22.3 Å². The smallest absolute Gasteiger partial charge is 0.137 e. The average Bonchev–Trinajstić information content (AvgIpc) is 3.79. The zero-order chi connectivity index (χ0) is 35.4. The van der Waals surface area contributed by atoms with E-state index in [1.165, 1.54) is 49.7 Å². The van der Waals surface area contributed by atoms with E-state index in [1.54, 1.807) is 0 Å². The predicted molar refractivity (Wildman–Crippen MR) is 217 cm³/mol. The molecule has 10 rings (SSSR count). The lowest BCUT2D eigenvalue weighted by Gasteiger charge is -2.29. The monoisotopic (exact) mass is 673 g/mol. The Labute approximate surface area is 303 Å². The Balaban J connectivity index is 1.26. The number of anilines is 3. The molecule has 0 atom stereocenters. The molecular weight excluding hydrogens is 635 g/mol. The second-order valence-electron chi connectivity index (χ2n) is 15.8. The molecule has 252 valence electrons. The van der Waals surface area contributed by atoms with Gasteiger partial charge >= 0.3 is 0 Å². The molecular formula is C49H39NO2. The first-order chi connectivity index (χ1) is 25.2. The lowest BCUT2D eigenvalue weighted by molar-refractivity contribution is 0.590. The molecule has 0 amide bonds. The molecule has 52 heavy (non-hydrogen) atoms. The Morgan fingerprint density at radius 3 is 1.94 bits per heavy atom. The van der Waals surface area contributed by atoms with Gasteiger partial charge in [0.25, 0.3) is 0 Å². The van der Waals surface area contributed by atoms with E-state index in [4.69, 9.17) is 8.83 Å². The maximum Gasteiger partial charge on any atom is 0.137 e. The maximum absolute atomic E-state index is 6.60. The van der Waals surface area contributed by atoms with Crippen LogP contribution in [0.15, 0.2) is 154 Å². The minimum atomic E-state index is -0.217. The van der Waals surface area contributed by atoms with Crippen molar-refractivity contribution in [3.63, 3.8) is 0 Å². The third-order valence-electron chi connectivity index (χ3n) is 11.2. The summed E-state index contributed by atoms with van der Waals surface area (Å²) < 4.78 is 13.1. The van der Waals surface area contributed by atoms with Gasteiger partial charge in [-0.1, -0.05) is 120 Å². The zero-order valence-corrected chi connectivity index (χ0v) is 30.1. The summed E-state index contributed by atoms with van der Waals surface area (Å²) in [4.78, 5) is 2.41. The molecule has 2 aromatic heterocycles. The summed E-state index contributed by atoms with van der Waals surface area (Å²) in [6.45, 7) is 11.5. The molecule has 0 bridgehead atoms. The first kappa shape index (κ1) is 30.7. The molecule has 0 saturated carbocycles. The van der Waals surface area contributed by atoms with Crippen molar-refractivity contribution in [3.8, 4) is 22.3 Å². The van der Waals surface area contributed by atoms with Gasteiger partial charge in [-0.2, -0.15) is 0 Å². The number of benzene rings is 7. The van der Waals surface area contributed by atoms with Gasteiger partial charge in [0.2, 0.25) is 0 Å². The van der Waals surface area contributed by atoms with Crippen LogP contribution in [-0.4, -0.2) is 0 Å². The standard InChI is InChI=1S/C49H39NO2/c1-48(2,3)32-20-26-42-37(28-32)45-43(51-42)27-25-39-47(45)46-38(49(39,4)5)15-11-16-40(46)50(33-21-18-31(19-22-33)30-12-7-6-8-13-30)34-23-24-36-35-14-9-10-17-41(35)52-44(36)29-34/h6-29H,1-5H3. The number of para-hydroxylation sites is 1. The van der Waals surface area contributed by atoms with Gasteiger partial charge in [-0.05, 0) is 93.4 Å². The molecule has 0 unspecified atom stereocenters. The summed E-state index contributed by atoms with van der Waals surface area (Å²) in [5, 5.41) is 4.60. The lowest BCUT2D eigenvalue weighted by Crippen LogP contribution is -2.16. The minimum absolute atomic E-state index is 0.0100. The van der Waals surface area contributed by atoms with E-state index in [0.717, 1.165) is 50.2 Å².